The molecule has 2 rings (SSSR count). The first-order valence-corrected chi connectivity index (χ1v) is 8.11. The fraction of sp³-hybridized carbons (Fsp3) is 0.562. The van der Waals surface area contributed by atoms with Gasteiger partial charge in [-0.1, -0.05) is 36.2 Å². The molecule has 2 atom stereocenters. The molecular formula is C16H22Cl2N2O. The van der Waals surface area contributed by atoms with Gasteiger partial charge in [0.1, 0.15) is 0 Å². The standard InChI is InChI=1S/C16H22Cl2N2O/c1-10(2)20(16(21)13-8-19-7-11(13)3)9-12-4-5-14(17)15(18)6-12/h4-6,10-11,13,19H,7-9H2,1-3H3. The van der Waals surface area contributed by atoms with Crippen molar-refractivity contribution in [2.45, 2.75) is 33.4 Å². The zero-order valence-electron chi connectivity index (χ0n) is 12.7. The van der Waals surface area contributed by atoms with E-state index in [4.69, 9.17) is 23.2 Å². The second kappa shape index (κ2) is 6.99. The van der Waals surface area contributed by atoms with E-state index < -0.39 is 0 Å². The maximum absolute atomic E-state index is 12.8. The molecule has 5 heteroatoms. The monoisotopic (exact) mass is 328 g/mol. The number of halogens is 2. The molecule has 0 spiro atoms. The number of nitrogens with one attached hydrogen (secondary N) is 1. The summed E-state index contributed by atoms with van der Waals surface area (Å²) in [7, 11) is 0. The highest BCUT2D eigenvalue weighted by atomic mass is 35.5. The highest BCUT2D eigenvalue weighted by Crippen LogP contribution is 2.25. The minimum Gasteiger partial charge on any atom is -0.336 e. The van der Waals surface area contributed by atoms with Crippen LogP contribution in [0.15, 0.2) is 18.2 Å². The first-order chi connectivity index (χ1) is 9.90. The molecule has 3 nitrogen and oxygen atoms in total. The Morgan fingerprint density at radius 2 is 2.05 bits per heavy atom. The van der Waals surface area contributed by atoms with Crippen molar-refractivity contribution in [3.05, 3.63) is 33.8 Å². The van der Waals surface area contributed by atoms with Crippen molar-refractivity contribution in [1.82, 2.24) is 10.2 Å². The largest absolute Gasteiger partial charge is 0.336 e. The Labute approximate surface area is 136 Å². The lowest BCUT2D eigenvalue weighted by Crippen LogP contribution is -2.42. The van der Waals surface area contributed by atoms with E-state index in [1.165, 1.54) is 0 Å². The Balaban J connectivity index is 2.15. The van der Waals surface area contributed by atoms with Crippen molar-refractivity contribution in [2.24, 2.45) is 11.8 Å². The molecule has 116 valence electrons. The molecule has 1 saturated heterocycles. The molecule has 0 aromatic heterocycles. The topological polar surface area (TPSA) is 32.3 Å². The van der Waals surface area contributed by atoms with Crippen molar-refractivity contribution in [3.8, 4) is 0 Å². The Kier molecular flexibility index (Phi) is 5.53. The zero-order valence-corrected chi connectivity index (χ0v) is 14.2. The molecule has 0 aliphatic carbocycles. The fourth-order valence-corrected chi connectivity index (χ4v) is 3.02. The summed E-state index contributed by atoms with van der Waals surface area (Å²) >= 11 is 12.0. The van der Waals surface area contributed by atoms with Gasteiger partial charge in [-0.05, 0) is 44.0 Å². The lowest BCUT2D eigenvalue weighted by Gasteiger charge is -2.30. The van der Waals surface area contributed by atoms with Crippen molar-refractivity contribution in [3.63, 3.8) is 0 Å². The van der Waals surface area contributed by atoms with E-state index in [0.717, 1.165) is 18.7 Å². The van der Waals surface area contributed by atoms with E-state index >= 15 is 0 Å². The van der Waals surface area contributed by atoms with Gasteiger partial charge < -0.3 is 10.2 Å². The minimum absolute atomic E-state index is 0.0650. The van der Waals surface area contributed by atoms with E-state index in [1.54, 1.807) is 6.07 Å². The number of benzene rings is 1. The van der Waals surface area contributed by atoms with Gasteiger partial charge in [-0.2, -0.15) is 0 Å². The number of carbonyl (C=O) groups excluding carboxylic acids is 1. The number of amides is 1. The molecule has 1 fully saturated rings. The molecule has 1 amide bonds. The van der Waals surface area contributed by atoms with Gasteiger partial charge in [0.2, 0.25) is 5.91 Å². The molecule has 0 bridgehead atoms. The third-order valence-electron chi connectivity index (χ3n) is 4.08. The Bertz CT molecular complexity index is 519. The number of carbonyl (C=O) groups is 1. The molecule has 1 aliphatic heterocycles. The maximum Gasteiger partial charge on any atom is 0.227 e. The summed E-state index contributed by atoms with van der Waals surface area (Å²) in [5.41, 5.74) is 1.00. The third-order valence-corrected chi connectivity index (χ3v) is 4.82. The van der Waals surface area contributed by atoms with Gasteiger partial charge in [0.15, 0.2) is 0 Å². The quantitative estimate of drug-likeness (QED) is 0.916. The number of nitrogens with zero attached hydrogens (tertiary/aromatic N) is 1. The van der Waals surface area contributed by atoms with Crippen LogP contribution in [-0.2, 0) is 11.3 Å². The third kappa shape index (κ3) is 3.91. The van der Waals surface area contributed by atoms with Crippen molar-refractivity contribution >= 4 is 29.1 Å². The number of hydrogen-bond donors (Lipinski definition) is 1. The lowest BCUT2D eigenvalue weighted by atomic mass is 9.96. The smallest absolute Gasteiger partial charge is 0.227 e. The summed E-state index contributed by atoms with van der Waals surface area (Å²) in [5, 5.41) is 4.36. The summed E-state index contributed by atoms with van der Waals surface area (Å²) in [6.07, 6.45) is 0. The van der Waals surface area contributed by atoms with Crippen LogP contribution in [0.4, 0.5) is 0 Å². The number of hydrogen-bond acceptors (Lipinski definition) is 2. The molecule has 1 aromatic carbocycles. The van der Waals surface area contributed by atoms with Crippen LogP contribution >= 0.6 is 23.2 Å². The Morgan fingerprint density at radius 3 is 2.57 bits per heavy atom. The normalized spacial score (nSPS) is 21.8. The lowest BCUT2D eigenvalue weighted by molar-refractivity contribution is -0.138. The zero-order chi connectivity index (χ0) is 15.6. The minimum atomic E-state index is 0.0650. The Morgan fingerprint density at radius 1 is 1.33 bits per heavy atom. The van der Waals surface area contributed by atoms with Crippen molar-refractivity contribution < 1.29 is 4.79 Å². The van der Waals surface area contributed by atoms with Crippen LogP contribution in [0.5, 0.6) is 0 Å². The molecular weight excluding hydrogens is 307 g/mol. The highest BCUT2D eigenvalue weighted by Gasteiger charge is 2.33. The molecule has 1 aliphatic rings. The van der Waals surface area contributed by atoms with E-state index in [1.807, 2.05) is 30.9 Å². The van der Waals surface area contributed by atoms with Gasteiger partial charge in [0.25, 0.3) is 0 Å². The summed E-state index contributed by atoms with van der Waals surface area (Å²) in [6.45, 7) is 8.46. The maximum atomic E-state index is 12.8. The highest BCUT2D eigenvalue weighted by molar-refractivity contribution is 6.42. The van der Waals surface area contributed by atoms with Crippen LogP contribution in [0.3, 0.4) is 0 Å². The van der Waals surface area contributed by atoms with Gasteiger partial charge in [-0.3, -0.25) is 4.79 Å². The average Bonchev–Trinajstić information content (AvgIpc) is 2.85. The second-order valence-corrected chi connectivity index (χ2v) is 6.86. The molecule has 0 saturated carbocycles. The summed E-state index contributed by atoms with van der Waals surface area (Å²) in [6, 6.07) is 5.69. The average molecular weight is 329 g/mol. The van der Waals surface area contributed by atoms with E-state index in [2.05, 4.69) is 12.2 Å². The Hall–Kier alpha value is -0.770. The van der Waals surface area contributed by atoms with Crippen molar-refractivity contribution in [1.29, 1.82) is 0 Å². The predicted octanol–water partition coefficient (Wildman–Crippen LogP) is 3.59. The first-order valence-electron chi connectivity index (χ1n) is 7.35. The molecule has 1 N–H and O–H groups in total. The fourth-order valence-electron chi connectivity index (χ4n) is 2.70. The molecule has 1 aromatic rings. The summed E-state index contributed by atoms with van der Waals surface area (Å²) in [5.74, 6) is 0.663. The van der Waals surface area contributed by atoms with Gasteiger partial charge in [-0.15, -0.1) is 0 Å². The van der Waals surface area contributed by atoms with Gasteiger partial charge in [0.05, 0.1) is 16.0 Å². The van der Waals surface area contributed by atoms with Crippen LogP contribution < -0.4 is 5.32 Å². The second-order valence-electron chi connectivity index (χ2n) is 6.05. The van der Waals surface area contributed by atoms with Gasteiger partial charge >= 0.3 is 0 Å². The van der Waals surface area contributed by atoms with Crippen LogP contribution in [0.1, 0.15) is 26.3 Å². The summed E-state index contributed by atoms with van der Waals surface area (Å²) < 4.78 is 0. The van der Waals surface area contributed by atoms with Crippen LogP contribution in [0, 0.1) is 11.8 Å². The van der Waals surface area contributed by atoms with E-state index in [-0.39, 0.29) is 17.9 Å². The number of rotatable bonds is 4. The summed E-state index contributed by atoms with van der Waals surface area (Å²) in [4.78, 5) is 14.7. The predicted molar refractivity (Wildman–Crippen MR) is 87.7 cm³/mol. The molecule has 21 heavy (non-hydrogen) atoms. The van der Waals surface area contributed by atoms with Crippen LogP contribution in [0.2, 0.25) is 10.0 Å². The first kappa shape index (κ1) is 16.6. The molecule has 2 unspecified atom stereocenters. The van der Waals surface area contributed by atoms with Gasteiger partial charge in [0, 0.05) is 19.1 Å². The van der Waals surface area contributed by atoms with Crippen LogP contribution in [0.25, 0.3) is 0 Å². The SMILES string of the molecule is CC1CNCC1C(=O)N(Cc1ccc(Cl)c(Cl)c1)C(C)C. The molecule has 0 radical (unpaired) electrons. The van der Waals surface area contributed by atoms with Crippen LogP contribution in [-0.4, -0.2) is 29.9 Å². The van der Waals surface area contributed by atoms with Crippen molar-refractivity contribution in [2.75, 3.05) is 13.1 Å². The van der Waals surface area contributed by atoms with Gasteiger partial charge in [-0.25, -0.2) is 0 Å². The van der Waals surface area contributed by atoms with E-state index in [9.17, 15) is 4.79 Å². The van der Waals surface area contributed by atoms with E-state index in [0.29, 0.717) is 22.5 Å². The molecule has 1 heterocycles.